The second-order valence-electron chi connectivity index (χ2n) is 3.79. The van der Waals surface area contributed by atoms with Gasteiger partial charge in [0.15, 0.2) is 0 Å². The highest BCUT2D eigenvalue weighted by atomic mass is 16.3. The highest BCUT2D eigenvalue weighted by Crippen LogP contribution is 2.07. The molecule has 0 aliphatic carbocycles. The molecule has 76 valence electrons. The predicted octanol–water partition coefficient (Wildman–Crippen LogP) is 1.29. The molecule has 0 saturated heterocycles. The summed E-state index contributed by atoms with van der Waals surface area (Å²) in [6.07, 6.45) is 1.28. The maximum absolute atomic E-state index is 8.82. The third kappa shape index (κ3) is 5.62. The molecule has 0 saturated carbocycles. The van der Waals surface area contributed by atoms with E-state index in [1.54, 1.807) is 0 Å². The zero-order chi connectivity index (χ0) is 10.3. The van der Waals surface area contributed by atoms with E-state index >= 15 is 0 Å². The molecule has 3 heteroatoms. The summed E-state index contributed by atoms with van der Waals surface area (Å²) in [6, 6.07) is 2.65. The molecule has 0 spiro atoms. The van der Waals surface area contributed by atoms with E-state index < -0.39 is 0 Å². The molecular formula is C10H20N2O. The molecular weight excluding hydrogens is 164 g/mol. The summed E-state index contributed by atoms with van der Waals surface area (Å²) < 4.78 is 0. The summed E-state index contributed by atoms with van der Waals surface area (Å²) in [5.41, 5.74) is 0. The lowest BCUT2D eigenvalue weighted by atomic mass is 10.00. The van der Waals surface area contributed by atoms with Gasteiger partial charge in [-0.15, -0.1) is 0 Å². The molecule has 2 N–H and O–H groups in total. The standard InChI is InChI=1S/C10H20N2O/c1-8(2)10(5-7-13)12-9(3)4-6-11/h8-10,12-13H,4-5,7H2,1-3H3. The SMILES string of the molecule is CC(CC#N)NC(CCO)C(C)C. The Morgan fingerprint density at radius 1 is 1.38 bits per heavy atom. The fourth-order valence-corrected chi connectivity index (χ4v) is 1.31. The maximum Gasteiger partial charge on any atom is 0.0638 e. The van der Waals surface area contributed by atoms with Crippen molar-refractivity contribution in [3.8, 4) is 6.07 Å². The first-order valence-corrected chi connectivity index (χ1v) is 4.85. The number of aliphatic hydroxyl groups excluding tert-OH is 1. The van der Waals surface area contributed by atoms with Gasteiger partial charge < -0.3 is 10.4 Å². The Labute approximate surface area is 80.8 Å². The van der Waals surface area contributed by atoms with Crippen LogP contribution in [-0.4, -0.2) is 23.8 Å². The van der Waals surface area contributed by atoms with Crippen LogP contribution in [0.25, 0.3) is 0 Å². The molecule has 0 fully saturated rings. The van der Waals surface area contributed by atoms with Gasteiger partial charge in [-0.2, -0.15) is 5.26 Å². The Kier molecular flexibility index (Phi) is 6.56. The van der Waals surface area contributed by atoms with E-state index in [1.165, 1.54) is 0 Å². The molecule has 0 aromatic rings. The van der Waals surface area contributed by atoms with Gasteiger partial charge in [-0.25, -0.2) is 0 Å². The molecule has 0 amide bonds. The Hall–Kier alpha value is -0.590. The molecule has 2 unspecified atom stereocenters. The first kappa shape index (κ1) is 12.4. The number of nitriles is 1. The molecule has 0 radical (unpaired) electrons. The van der Waals surface area contributed by atoms with Gasteiger partial charge in [0.2, 0.25) is 0 Å². The minimum Gasteiger partial charge on any atom is -0.396 e. The molecule has 0 bridgehead atoms. The van der Waals surface area contributed by atoms with E-state index in [0.29, 0.717) is 18.4 Å². The summed E-state index contributed by atoms with van der Waals surface area (Å²) in [5.74, 6) is 0.494. The third-order valence-electron chi connectivity index (χ3n) is 2.14. The van der Waals surface area contributed by atoms with Crippen molar-refractivity contribution in [3.63, 3.8) is 0 Å². The Morgan fingerprint density at radius 3 is 2.38 bits per heavy atom. The quantitative estimate of drug-likeness (QED) is 0.654. The van der Waals surface area contributed by atoms with E-state index in [2.05, 4.69) is 25.2 Å². The lowest BCUT2D eigenvalue weighted by Gasteiger charge is -2.24. The zero-order valence-electron chi connectivity index (χ0n) is 8.75. The van der Waals surface area contributed by atoms with Crippen LogP contribution < -0.4 is 5.32 Å². The third-order valence-corrected chi connectivity index (χ3v) is 2.14. The molecule has 0 aliphatic rings. The minimum absolute atomic E-state index is 0.203. The van der Waals surface area contributed by atoms with Crippen LogP contribution in [0.4, 0.5) is 0 Å². The van der Waals surface area contributed by atoms with Crippen molar-refractivity contribution in [1.82, 2.24) is 5.32 Å². The van der Waals surface area contributed by atoms with E-state index in [4.69, 9.17) is 10.4 Å². The van der Waals surface area contributed by atoms with Crippen LogP contribution in [0.15, 0.2) is 0 Å². The molecule has 0 rings (SSSR count). The molecule has 2 atom stereocenters. The van der Waals surface area contributed by atoms with Gasteiger partial charge in [0.05, 0.1) is 12.5 Å². The van der Waals surface area contributed by atoms with Gasteiger partial charge >= 0.3 is 0 Å². The largest absolute Gasteiger partial charge is 0.396 e. The van der Waals surface area contributed by atoms with Crippen LogP contribution in [0.5, 0.6) is 0 Å². The number of nitrogens with one attached hydrogen (secondary N) is 1. The highest BCUT2D eigenvalue weighted by molar-refractivity contribution is 4.81. The Morgan fingerprint density at radius 2 is 2.00 bits per heavy atom. The predicted molar refractivity (Wildman–Crippen MR) is 53.2 cm³/mol. The fraction of sp³-hybridized carbons (Fsp3) is 0.900. The summed E-state index contributed by atoms with van der Waals surface area (Å²) in [6.45, 7) is 6.43. The summed E-state index contributed by atoms with van der Waals surface area (Å²) in [4.78, 5) is 0. The van der Waals surface area contributed by atoms with Gasteiger partial charge in [0, 0.05) is 18.7 Å². The fourth-order valence-electron chi connectivity index (χ4n) is 1.31. The normalized spacial score (nSPS) is 15.4. The van der Waals surface area contributed by atoms with E-state index in [0.717, 1.165) is 6.42 Å². The van der Waals surface area contributed by atoms with Gasteiger partial charge in [0.25, 0.3) is 0 Å². The molecule has 0 aromatic carbocycles. The van der Waals surface area contributed by atoms with Crippen LogP contribution in [0, 0.1) is 17.2 Å². The number of rotatable bonds is 6. The Bertz CT molecular complexity index is 163. The Balaban J connectivity index is 3.87. The van der Waals surface area contributed by atoms with Crippen molar-refractivity contribution in [1.29, 1.82) is 5.26 Å². The summed E-state index contributed by atoms with van der Waals surface area (Å²) in [5, 5.41) is 20.6. The molecule has 0 heterocycles. The van der Waals surface area contributed by atoms with Crippen LogP contribution in [0.3, 0.4) is 0 Å². The van der Waals surface area contributed by atoms with Crippen LogP contribution in [0.1, 0.15) is 33.6 Å². The van der Waals surface area contributed by atoms with Crippen molar-refractivity contribution in [3.05, 3.63) is 0 Å². The zero-order valence-corrected chi connectivity index (χ0v) is 8.75. The first-order valence-electron chi connectivity index (χ1n) is 4.85. The monoisotopic (exact) mass is 184 g/mol. The van der Waals surface area contributed by atoms with Crippen molar-refractivity contribution in [2.45, 2.75) is 45.7 Å². The first-order chi connectivity index (χ1) is 6.11. The van der Waals surface area contributed by atoms with Crippen LogP contribution in [0.2, 0.25) is 0 Å². The van der Waals surface area contributed by atoms with Crippen molar-refractivity contribution in [2.24, 2.45) is 5.92 Å². The van der Waals surface area contributed by atoms with Crippen LogP contribution >= 0.6 is 0 Å². The second-order valence-corrected chi connectivity index (χ2v) is 3.79. The average molecular weight is 184 g/mol. The van der Waals surface area contributed by atoms with Gasteiger partial charge in [0.1, 0.15) is 0 Å². The van der Waals surface area contributed by atoms with Gasteiger partial charge in [-0.05, 0) is 19.3 Å². The van der Waals surface area contributed by atoms with E-state index in [9.17, 15) is 0 Å². The highest BCUT2D eigenvalue weighted by Gasteiger charge is 2.14. The molecule has 0 aliphatic heterocycles. The van der Waals surface area contributed by atoms with Gasteiger partial charge in [-0.1, -0.05) is 13.8 Å². The number of nitrogens with zero attached hydrogens (tertiary/aromatic N) is 1. The molecule has 0 aromatic heterocycles. The lowest BCUT2D eigenvalue weighted by molar-refractivity contribution is 0.237. The van der Waals surface area contributed by atoms with Gasteiger partial charge in [-0.3, -0.25) is 0 Å². The number of aliphatic hydroxyl groups is 1. The summed E-state index contributed by atoms with van der Waals surface area (Å²) in [7, 11) is 0. The average Bonchev–Trinajstić information content (AvgIpc) is 2.04. The number of hydrogen-bond acceptors (Lipinski definition) is 3. The van der Waals surface area contributed by atoms with Crippen molar-refractivity contribution in [2.75, 3.05) is 6.61 Å². The summed E-state index contributed by atoms with van der Waals surface area (Å²) >= 11 is 0. The molecule has 3 nitrogen and oxygen atoms in total. The lowest BCUT2D eigenvalue weighted by Crippen LogP contribution is -2.40. The van der Waals surface area contributed by atoms with Crippen LogP contribution in [-0.2, 0) is 0 Å². The van der Waals surface area contributed by atoms with E-state index in [1.807, 2.05) is 6.92 Å². The topological polar surface area (TPSA) is 56.0 Å². The van der Waals surface area contributed by atoms with E-state index in [-0.39, 0.29) is 12.6 Å². The minimum atomic E-state index is 0.203. The molecule has 13 heavy (non-hydrogen) atoms. The smallest absolute Gasteiger partial charge is 0.0638 e. The van der Waals surface area contributed by atoms with Crippen molar-refractivity contribution < 1.29 is 5.11 Å². The second kappa shape index (κ2) is 6.88. The maximum atomic E-state index is 8.82. The van der Waals surface area contributed by atoms with Crippen molar-refractivity contribution >= 4 is 0 Å². The number of hydrogen-bond donors (Lipinski definition) is 2.